The van der Waals surface area contributed by atoms with E-state index in [-0.39, 0.29) is 18.0 Å². The lowest BCUT2D eigenvalue weighted by Crippen LogP contribution is -2.41. The Labute approximate surface area is 140 Å². The van der Waals surface area contributed by atoms with E-state index in [2.05, 4.69) is 13.0 Å². The number of methoxy groups -OCH3 is 1. The molecular formula is C19H30N2O2. The van der Waals surface area contributed by atoms with Gasteiger partial charge in [0.15, 0.2) is 0 Å². The Bertz CT molecular complexity index is 518. The predicted molar refractivity (Wildman–Crippen MR) is 93.5 cm³/mol. The molecule has 1 aromatic rings. The van der Waals surface area contributed by atoms with Gasteiger partial charge in [-0.05, 0) is 43.7 Å². The highest BCUT2D eigenvalue weighted by molar-refractivity contribution is 5.76. The minimum Gasteiger partial charge on any atom is -0.496 e. The Balaban J connectivity index is 1.93. The van der Waals surface area contributed by atoms with Crippen LogP contribution in [0.15, 0.2) is 24.3 Å². The van der Waals surface area contributed by atoms with Crippen LogP contribution < -0.4 is 10.5 Å². The summed E-state index contributed by atoms with van der Waals surface area (Å²) in [4.78, 5) is 14.5. The molecule has 23 heavy (non-hydrogen) atoms. The van der Waals surface area contributed by atoms with Gasteiger partial charge in [0, 0.05) is 25.6 Å². The number of carbonyl (C=O) groups is 1. The van der Waals surface area contributed by atoms with Gasteiger partial charge in [0.2, 0.25) is 5.91 Å². The van der Waals surface area contributed by atoms with E-state index < -0.39 is 0 Å². The van der Waals surface area contributed by atoms with E-state index in [1.54, 1.807) is 7.11 Å². The first-order valence-electron chi connectivity index (χ1n) is 8.66. The summed E-state index contributed by atoms with van der Waals surface area (Å²) < 4.78 is 5.40. The van der Waals surface area contributed by atoms with E-state index in [1.807, 2.05) is 30.1 Å². The summed E-state index contributed by atoms with van der Waals surface area (Å²) in [6.45, 7) is 2.09. The second-order valence-corrected chi connectivity index (χ2v) is 6.78. The molecular weight excluding hydrogens is 288 g/mol. The largest absolute Gasteiger partial charge is 0.496 e. The number of rotatable bonds is 6. The number of hydrogen-bond donors (Lipinski definition) is 1. The van der Waals surface area contributed by atoms with Crippen LogP contribution in [0.5, 0.6) is 5.75 Å². The number of carbonyl (C=O) groups excluding carboxylic acids is 1. The molecule has 0 aromatic heterocycles. The second-order valence-electron chi connectivity index (χ2n) is 6.78. The van der Waals surface area contributed by atoms with Gasteiger partial charge in [-0.25, -0.2) is 0 Å². The lowest BCUT2D eigenvalue weighted by atomic mass is 9.82. The molecule has 3 unspecified atom stereocenters. The normalized spacial score (nSPS) is 22.4. The molecule has 1 saturated carbocycles. The lowest BCUT2D eigenvalue weighted by Gasteiger charge is -2.31. The zero-order valence-electron chi connectivity index (χ0n) is 14.6. The fourth-order valence-electron chi connectivity index (χ4n) is 3.43. The number of hydrogen-bond acceptors (Lipinski definition) is 3. The molecule has 0 bridgehead atoms. The minimum atomic E-state index is 0.138. The van der Waals surface area contributed by atoms with Crippen LogP contribution in [0.3, 0.4) is 0 Å². The molecule has 4 heteroatoms. The first-order valence-corrected chi connectivity index (χ1v) is 8.66. The summed E-state index contributed by atoms with van der Waals surface area (Å²) in [7, 11) is 3.58. The highest BCUT2D eigenvalue weighted by atomic mass is 16.5. The fourth-order valence-corrected chi connectivity index (χ4v) is 3.43. The Morgan fingerprint density at radius 3 is 2.74 bits per heavy atom. The number of benzene rings is 1. The van der Waals surface area contributed by atoms with E-state index in [9.17, 15) is 4.79 Å². The Hall–Kier alpha value is -1.55. The summed E-state index contributed by atoms with van der Waals surface area (Å²) in [5.41, 5.74) is 7.31. The van der Waals surface area contributed by atoms with Gasteiger partial charge in [-0.2, -0.15) is 0 Å². The van der Waals surface area contributed by atoms with Gasteiger partial charge in [-0.15, -0.1) is 0 Å². The third kappa shape index (κ3) is 4.71. The van der Waals surface area contributed by atoms with Crippen molar-refractivity contribution >= 4 is 5.91 Å². The molecule has 2 N–H and O–H groups in total. The number of amides is 1. The average Bonchev–Trinajstić information content (AvgIpc) is 2.56. The number of para-hydroxylation sites is 1. The van der Waals surface area contributed by atoms with Crippen molar-refractivity contribution in [1.82, 2.24) is 4.90 Å². The molecule has 1 aliphatic rings. The van der Waals surface area contributed by atoms with E-state index in [0.717, 1.165) is 30.6 Å². The Kier molecular flexibility index (Phi) is 6.46. The summed E-state index contributed by atoms with van der Waals surface area (Å²) in [6, 6.07) is 8.32. The van der Waals surface area contributed by atoms with E-state index in [0.29, 0.717) is 12.3 Å². The maximum atomic E-state index is 12.6. The van der Waals surface area contributed by atoms with Gasteiger partial charge in [-0.1, -0.05) is 31.0 Å². The van der Waals surface area contributed by atoms with E-state index >= 15 is 0 Å². The monoisotopic (exact) mass is 318 g/mol. The van der Waals surface area contributed by atoms with Gasteiger partial charge in [0.25, 0.3) is 0 Å². The highest BCUT2D eigenvalue weighted by Crippen LogP contribution is 2.27. The zero-order chi connectivity index (χ0) is 16.8. The van der Waals surface area contributed by atoms with Crippen LogP contribution >= 0.6 is 0 Å². The van der Waals surface area contributed by atoms with Gasteiger partial charge in [0.05, 0.1) is 7.11 Å². The molecule has 128 valence electrons. The van der Waals surface area contributed by atoms with Crippen molar-refractivity contribution in [3.8, 4) is 5.75 Å². The number of likely N-dealkylation sites (N-methyl/N-ethyl adjacent to an activating group) is 1. The molecule has 2 rings (SSSR count). The van der Waals surface area contributed by atoms with E-state index in [4.69, 9.17) is 10.5 Å². The van der Waals surface area contributed by atoms with Crippen molar-refractivity contribution in [3.63, 3.8) is 0 Å². The molecule has 4 nitrogen and oxygen atoms in total. The van der Waals surface area contributed by atoms with Crippen molar-refractivity contribution in [2.24, 2.45) is 11.7 Å². The third-order valence-corrected chi connectivity index (χ3v) is 5.17. The van der Waals surface area contributed by atoms with Gasteiger partial charge in [0.1, 0.15) is 5.75 Å². The van der Waals surface area contributed by atoms with Crippen molar-refractivity contribution < 1.29 is 9.53 Å². The van der Waals surface area contributed by atoms with Crippen LogP contribution in [0.4, 0.5) is 0 Å². The molecule has 1 amide bonds. The van der Waals surface area contributed by atoms with Crippen LogP contribution in [0.25, 0.3) is 0 Å². The molecule has 0 spiro atoms. The van der Waals surface area contributed by atoms with Gasteiger partial charge >= 0.3 is 0 Å². The van der Waals surface area contributed by atoms with Gasteiger partial charge in [-0.3, -0.25) is 4.79 Å². The Morgan fingerprint density at radius 2 is 2.04 bits per heavy atom. The van der Waals surface area contributed by atoms with Crippen LogP contribution in [0, 0.1) is 5.92 Å². The summed E-state index contributed by atoms with van der Waals surface area (Å²) in [5.74, 6) is 1.43. The van der Waals surface area contributed by atoms with E-state index in [1.165, 1.54) is 12.8 Å². The van der Waals surface area contributed by atoms with Crippen molar-refractivity contribution in [3.05, 3.63) is 29.8 Å². The van der Waals surface area contributed by atoms with Crippen LogP contribution in [-0.2, 0) is 11.2 Å². The smallest absolute Gasteiger partial charge is 0.222 e. The minimum absolute atomic E-state index is 0.138. The fraction of sp³-hybridized carbons (Fsp3) is 0.632. The quantitative estimate of drug-likeness (QED) is 0.877. The average molecular weight is 318 g/mol. The molecule has 1 aliphatic carbocycles. The van der Waals surface area contributed by atoms with Crippen molar-refractivity contribution in [2.75, 3.05) is 14.2 Å². The van der Waals surface area contributed by atoms with Crippen LogP contribution in [-0.4, -0.2) is 37.0 Å². The van der Waals surface area contributed by atoms with Crippen molar-refractivity contribution in [1.29, 1.82) is 0 Å². The lowest BCUT2D eigenvalue weighted by molar-refractivity contribution is -0.133. The zero-order valence-corrected chi connectivity index (χ0v) is 14.6. The topological polar surface area (TPSA) is 55.6 Å². The predicted octanol–water partition coefficient (Wildman–Crippen LogP) is 2.99. The molecule has 3 atom stereocenters. The molecule has 0 radical (unpaired) electrons. The first kappa shape index (κ1) is 17.8. The second kappa shape index (κ2) is 8.34. The molecule has 0 aliphatic heterocycles. The molecule has 0 heterocycles. The summed E-state index contributed by atoms with van der Waals surface area (Å²) in [5, 5.41) is 0. The first-order chi connectivity index (χ1) is 11.0. The number of ether oxygens (including phenoxy) is 1. The third-order valence-electron chi connectivity index (χ3n) is 5.17. The SMILES string of the molecule is COc1ccccc1CC(C)N(C)C(=O)CC1CCCCC1N. The number of nitrogens with two attached hydrogens (primary N) is 1. The molecule has 0 saturated heterocycles. The maximum Gasteiger partial charge on any atom is 0.222 e. The maximum absolute atomic E-state index is 12.6. The van der Waals surface area contributed by atoms with Crippen LogP contribution in [0.1, 0.15) is 44.6 Å². The molecule has 1 fully saturated rings. The summed E-state index contributed by atoms with van der Waals surface area (Å²) >= 11 is 0. The Morgan fingerprint density at radius 1 is 1.35 bits per heavy atom. The number of nitrogens with zero attached hydrogens (tertiary/aromatic N) is 1. The van der Waals surface area contributed by atoms with Gasteiger partial charge < -0.3 is 15.4 Å². The van der Waals surface area contributed by atoms with Crippen molar-refractivity contribution in [2.45, 2.75) is 57.5 Å². The molecule has 1 aromatic carbocycles. The summed E-state index contributed by atoms with van der Waals surface area (Å²) in [6.07, 6.45) is 5.91. The highest BCUT2D eigenvalue weighted by Gasteiger charge is 2.26. The van der Waals surface area contributed by atoms with Crippen LogP contribution in [0.2, 0.25) is 0 Å². The standard InChI is InChI=1S/C19H30N2O2/c1-14(12-16-9-5-7-11-18(16)23-3)21(2)19(22)13-15-8-4-6-10-17(15)20/h5,7,9,11,14-15,17H,4,6,8,10,12-13,20H2,1-3H3.